The molecule has 0 spiro atoms. The quantitative estimate of drug-likeness (QED) is 0.432. The number of hydrogen-bond donors (Lipinski definition) is 3. The fourth-order valence-corrected chi connectivity index (χ4v) is 3.50. The summed E-state index contributed by atoms with van der Waals surface area (Å²) in [5.74, 6) is -2.51. The number of hydrogen-bond acceptors (Lipinski definition) is 6. The SMILES string of the molecule is O=C(O)/C=C\C(=O)O.OC1CN(CCCOCCc2ccc3cscc3c2)C1. The minimum Gasteiger partial charge on any atom is -0.478 e. The Kier molecular flexibility index (Phi) is 9.09. The van der Waals surface area contributed by atoms with Crippen LogP contribution in [0.4, 0.5) is 0 Å². The van der Waals surface area contributed by atoms with Gasteiger partial charge in [0.25, 0.3) is 0 Å². The highest BCUT2D eigenvalue weighted by Crippen LogP contribution is 2.20. The number of rotatable bonds is 9. The maximum Gasteiger partial charge on any atom is 0.328 e. The summed E-state index contributed by atoms with van der Waals surface area (Å²) in [5.41, 5.74) is 1.35. The predicted octanol–water partition coefficient (Wildman–Crippen LogP) is 2.24. The predicted molar refractivity (Wildman–Crippen MR) is 108 cm³/mol. The lowest BCUT2D eigenvalue weighted by atomic mass is 10.1. The zero-order valence-electron chi connectivity index (χ0n) is 15.5. The second-order valence-corrected chi connectivity index (χ2v) is 7.22. The first-order chi connectivity index (χ1) is 13.4. The molecule has 1 saturated heterocycles. The lowest BCUT2D eigenvalue weighted by molar-refractivity contribution is -0.134. The second-order valence-electron chi connectivity index (χ2n) is 6.47. The van der Waals surface area contributed by atoms with Crippen molar-refractivity contribution in [3.8, 4) is 0 Å². The van der Waals surface area contributed by atoms with Crippen molar-refractivity contribution in [1.82, 2.24) is 4.90 Å². The lowest BCUT2D eigenvalue weighted by Crippen LogP contribution is -2.50. The largest absolute Gasteiger partial charge is 0.478 e. The third kappa shape index (κ3) is 8.18. The standard InChI is InChI=1S/C16H21NO2S.C4H4O4/c18-16-9-17(10-16)5-1-6-19-7-4-13-2-3-14-11-20-12-15(14)8-13;5-3(6)1-2-4(7)8/h2-3,8,11-12,16,18H,1,4-7,9-10H2;1-2H,(H,5,6)(H,7,8)/b;2-1-. The number of likely N-dealkylation sites (tertiary alicyclic amines) is 1. The molecular weight excluding hydrogens is 382 g/mol. The van der Waals surface area contributed by atoms with Crippen LogP contribution in [0.5, 0.6) is 0 Å². The number of aliphatic hydroxyl groups is 1. The summed E-state index contributed by atoms with van der Waals surface area (Å²) in [5, 5.41) is 31.8. The summed E-state index contributed by atoms with van der Waals surface area (Å²) in [6.45, 7) is 4.31. The fraction of sp³-hybridized carbons (Fsp3) is 0.400. The molecule has 7 nitrogen and oxygen atoms in total. The molecule has 1 aromatic carbocycles. The lowest BCUT2D eigenvalue weighted by Gasteiger charge is -2.35. The average molecular weight is 407 g/mol. The zero-order chi connectivity index (χ0) is 20.4. The van der Waals surface area contributed by atoms with Gasteiger partial charge in [-0.05, 0) is 39.9 Å². The van der Waals surface area contributed by atoms with Crippen molar-refractivity contribution < 1.29 is 29.6 Å². The monoisotopic (exact) mass is 407 g/mol. The molecule has 1 aliphatic rings. The summed E-state index contributed by atoms with van der Waals surface area (Å²) in [4.78, 5) is 21.4. The van der Waals surface area contributed by atoms with Crippen molar-refractivity contribution in [2.24, 2.45) is 0 Å². The van der Waals surface area contributed by atoms with Crippen LogP contribution in [0.1, 0.15) is 12.0 Å². The number of fused-ring (bicyclic) bond motifs is 1. The Morgan fingerprint density at radius 1 is 1.11 bits per heavy atom. The van der Waals surface area contributed by atoms with Crippen molar-refractivity contribution in [3.63, 3.8) is 0 Å². The van der Waals surface area contributed by atoms with Crippen LogP contribution in [0.2, 0.25) is 0 Å². The van der Waals surface area contributed by atoms with Gasteiger partial charge in [0.05, 0.1) is 12.7 Å². The van der Waals surface area contributed by atoms with Crippen LogP contribution >= 0.6 is 11.3 Å². The van der Waals surface area contributed by atoms with Crippen LogP contribution in [-0.2, 0) is 20.7 Å². The van der Waals surface area contributed by atoms with E-state index in [0.29, 0.717) is 12.2 Å². The van der Waals surface area contributed by atoms with Crippen LogP contribution in [0.25, 0.3) is 10.8 Å². The Bertz CT molecular complexity index is 781. The van der Waals surface area contributed by atoms with Gasteiger partial charge in [-0.15, -0.1) is 0 Å². The highest BCUT2D eigenvalue weighted by atomic mass is 32.1. The van der Waals surface area contributed by atoms with Gasteiger partial charge >= 0.3 is 11.9 Å². The van der Waals surface area contributed by atoms with Gasteiger partial charge in [0.2, 0.25) is 0 Å². The van der Waals surface area contributed by atoms with Crippen LogP contribution < -0.4 is 0 Å². The van der Waals surface area contributed by atoms with Crippen LogP contribution in [0, 0.1) is 0 Å². The highest BCUT2D eigenvalue weighted by molar-refractivity contribution is 7.09. The molecule has 0 amide bonds. The number of β-amino-alcohol motifs (C(OH)–C–C–N with tert-alkyl or cyclic N) is 1. The summed E-state index contributed by atoms with van der Waals surface area (Å²) in [7, 11) is 0. The zero-order valence-corrected chi connectivity index (χ0v) is 16.3. The van der Waals surface area contributed by atoms with E-state index in [1.807, 2.05) is 0 Å². The summed E-state index contributed by atoms with van der Waals surface area (Å²) in [6, 6.07) is 6.65. The van der Waals surface area contributed by atoms with Gasteiger partial charge in [0.1, 0.15) is 0 Å². The number of carboxylic acid groups (broad SMARTS) is 2. The van der Waals surface area contributed by atoms with Gasteiger partial charge in [0.15, 0.2) is 0 Å². The molecule has 0 bridgehead atoms. The highest BCUT2D eigenvalue weighted by Gasteiger charge is 2.22. The molecule has 3 rings (SSSR count). The summed E-state index contributed by atoms with van der Waals surface area (Å²) in [6.07, 6.45) is 3.05. The van der Waals surface area contributed by atoms with Crippen molar-refractivity contribution in [3.05, 3.63) is 46.7 Å². The Morgan fingerprint density at radius 3 is 2.43 bits per heavy atom. The first-order valence-electron chi connectivity index (χ1n) is 9.01. The molecule has 1 aliphatic heterocycles. The van der Waals surface area contributed by atoms with E-state index in [0.717, 1.165) is 45.7 Å². The molecule has 1 aromatic heterocycles. The maximum atomic E-state index is 9.55. The molecule has 152 valence electrons. The van der Waals surface area contributed by atoms with E-state index >= 15 is 0 Å². The van der Waals surface area contributed by atoms with E-state index < -0.39 is 11.9 Å². The Balaban J connectivity index is 0.000000300. The van der Waals surface area contributed by atoms with Crippen molar-refractivity contribution in [1.29, 1.82) is 0 Å². The number of aliphatic hydroxyl groups excluding tert-OH is 1. The van der Waals surface area contributed by atoms with Crippen LogP contribution in [-0.4, -0.2) is 71.1 Å². The van der Waals surface area contributed by atoms with E-state index in [1.165, 1.54) is 16.3 Å². The van der Waals surface area contributed by atoms with E-state index in [9.17, 15) is 14.7 Å². The van der Waals surface area contributed by atoms with Crippen molar-refractivity contribution >= 4 is 34.0 Å². The fourth-order valence-electron chi connectivity index (χ4n) is 2.72. The Labute approximate surface area is 167 Å². The number of carboxylic acids is 2. The molecule has 2 aromatic rings. The second kappa shape index (κ2) is 11.6. The van der Waals surface area contributed by atoms with Crippen LogP contribution in [0.15, 0.2) is 41.1 Å². The smallest absolute Gasteiger partial charge is 0.328 e. The average Bonchev–Trinajstić information content (AvgIpc) is 3.09. The van der Waals surface area contributed by atoms with E-state index in [4.69, 9.17) is 14.9 Å². The molecule has 0 aliphatic carbocycles. The normalized spacial score (nSPS) is 14.6. The molecule has 0 radical (unpaired) electrons. The van der Waals surface area contributed by atoms with E-state index in [2.05, 4.69) is 33.9 Å². The molecule has 1 fully saturated rings. The number of carbonyl (C=O) groups is 2. The third-order valence-electron chi connectivity index (χ3n) is 4.15. The minimum atomic E-state index is -1.26. The number of benzene rings is 1. The third-order valence-corrected chi connectivity index (χ3v) is 4.93. The molecule has 28 heavy (non-hydrogen) atoms. The number of thiophene rings is 1. The molecule has 2 heterocycles. The summed E-state index contributed by atoms with van der Waals surface area (Å²) >= 11 is 1.75. The first kappa shape index (κ1) is 22.0. The van der Waals surface area contributed by atoms with Crippen LogP contribution in [0.3, 0.4) is 0 Å². The van der Waals surface area contributed by atoms with Gasteiger partial charge in [-0.3, -0.25) is 4.90 Å². The van der Waals surface area contributed by atoms with Gasteiger partial charge in [-0.1, -0.05) is 18.2 Å². The molecule has 0 unspecified atom stereocenters. The van der Waals surface area contributed by atoms with E-state index in [-0.39, 0.29) is 6.10 Å². The Hall–Kier alpha value is -2.26. The van der Waals surface area contributed by atoms with Gasteiger partial charge < -0.3 is 20.1 Å². The van der Waals surface area contributed by atoms with Crippen molar-refractivity contribution in [2.45, 2.75) is 18.9 Å². The molecule has 8 heteroatoms. The molecule has 0 saturated carbocycles. The summed E-state index contributed by atoms with van der Waals surface area (Å²) < 4.78 is 5.69. The maximum absolute atomic E-state index is 9.55. The van der Waals surface area contributed by atoms with Gasteiger partial charge in [-0.2, -0.15) is 11.3 Å². The van der Waals surface area contributed by atoms with E-state index in [1.54, 1.807) is 11.3 Å². The molecule has 3 N–H and O–H groups in total. The number of aliphatic carboxylic acids is 2. The molecular formula is C20H25NO6S. The molecule has 0 atom stereocenters. The number of ether oxygens (including phenoxy) is 1. The first-order valence-corrected chi connectivity index (χ1v) is 9.95. The van der Waals surface area contributed by atoms with Gasteiger partial charge in [-0.25, -0.2) is 9.59 Å². The van der Waals surface area contributed by atoms with Crippen molar-refractivity contribution in [2.75, 3.05) is 32.8 Å². The topological polar surface area (TPSA) is 107 Å². The Morgan fingerprint density at radius 2 is 1.79 bits per heavy atom. The minimum absolute atomic E-state index is 0.0945. The number of nitrogens with zero attached hydrogens (tertiary/aromatic N) is 1. The van der Waals surface area contributed by atoms with Gasteiger partial charge in [0, 0.05) is 38.4 Å².